The minimum absolute atomic E-state index is 0.136. The number of anilines is 4. The molecule has 6 heteroatoms. The Labute approximate surface area is 115 Å². The Morgan fingerprint density at radius 2 is 1.85 bits per heavy atom. The van der Waals surface area contributed by atoms with Crippen LogP contribution in [0.25, 0.3) is 10.9 Å². The minimum Gasteiger partial charge on any atom is -0.383 e. The summed E-state index contributed by atoms with van der Waals surface area (Å²) in [7, 11) is 0. The Kier molecular flexibility index (Phi) is 2.83. The average molecular weight is 266 g/mol. The number of hydrogen-bond acceptors (Lipinski definition) is 6. The Balaban J connectivity index is 2.08. The number of aromatic nitrogens is 3. The summed E-state index contributed by atoms with van der Waals surface area (Å²) in [6, 6.07) is 11.5. The number of aryl methyl sites for hydroxylation is 1. The number of nitrogens with two attached hydrogens (primary N) is 2. The lowest BCUT2D eigenvalue weighted by Gasteiger charge is -2.09. The molecule has 2 heterocycles. The first-order valence-corrected chi connectivity index (χ1v) is 6.15. The average Bonchev–Trinajstić information content (AvgIpc) is 2.38. The fourth-order valence-corrected chi connectivity index (χ4v) is 2.03. The van der Waals surface area contributed by atoms with Gasteiger partial charge in [-0.3, -0.25) is 4.98 Å². The third-order valence-corrected chi connectivity index (χ3v) is 2.89. The number of pyridine rings is 1. The number of nitrogens with one attached hydrogen (secondary N) is 1. The van der Waals surface area contributed by atoms with Crippen LogP contribution in [-0.2, 0) is 0 Å². The van der Waals surface area contributed by atoms with Crippen LogP contribution in [0.5, 0.6) is 0 Å². The standard InChI is InChI=1S/C14H14N6/c1-8-5-6-9-3-2-4-10(13(9)17-8)18-12-7-11(15)19-14(16)20-12/h2-7H,1H3,(H5,15,16,18,19,20). The van der Waals surface area contributed by atoms with Gasteiger partial charge in [0.2, 0.25) is 5.95 Å². The highest BCUT2D eigenvalue weighted by atomic mass is 15.1. The van der Waals surface area contributed by atoms with Crippen molar-refractivity contribution in [1.82, 2.24) is 15.0 Å². The van der Waals surface area contributed by atoms with E-state index in [1.807, 2.05) is 37.3 Å². The lowest BCUT2D eigenvalue weighted by atomic mass is 10.1. The first kappa shape index (κ1) is 12.2. The second-order valence-corrected chi connectivity index (χ2v) is 4.49. The van der Waals surface area contributed by atoms with Gasteiger partial charge in [0, 0.05) is 17.1 Å². The summed E-state index contributed by atoms with van der Waals surface area (Å²) in [6.07, 6.45) is 0. The van der Waals surface area contributed by atoms with Crippen molar-refractivity contribution in [1.29, 1.82) is 0 Å². The summed E-state index contributed by atoms with van der Waals surface area (Å²) in [4.78, 5) is 12.5. The van der Waals surface area contributed by atoms with Crippen LogP contribution in [0.3, 0.4) is 0 Å². The highest BCUT2D eigenvalue weighted by Crippen LogP contribution is 2.25. The summed E-state index contributed by atoms with van der Waals surface area (Å²) in [5, 5.41) is 4.23. The van der Waals surface area contributed by atoms with Crippen molar-refractivity contribution >= 4 is 34.2 Å². The number of benzene rings is 1. The number of hydrogen-bond donors (Lipinski definition) is 3. The molecule has 100 valence electrons. The van der Waals surface area contributed by atoms with Gasteiger partial charge in [0.05, 0.1) is 11.2 Å². The molecule has 0 fully saturated rings. The Morgan fingerprint density at radius 1 is 1.00 bits per heavy atom. The fraction of sp³-hybridized carbons (Fsp3) is 0.0714. The van der Waals surface area contributed by atoms with Crippen LogP contribution < -0.4 is 16.8 Å². The molecule has 0 aliphatic heterocycles. The van der Waals surface area contributed by atoms with Crippen molar-refractivity contribution in [3.63, 3.8) is 0 Å². The molecule has 0 unspecified atom stereocenters. The van der Waals surface area contributed by atoms with Crippen LogP contribution in [0.2, 0.25) is 0 Å². The van der Waals surface area contributed by atoms with E-state index in [4.69, 9.17) is 11.5 Å². The number of fused-ring (bicyclic) bond motifs is 1. The van der Waals surface area contributed by atoms with Gasteiger partial charge in [0.15, 0.2) is 0 Å². The van der Waals surface area contributed by atoms with E-state index >= 15 is 0 Å². The van der Waals surface area contributed by atoms with Gasteiger partial charge < -0.3 is 16.8 Å². The zero-order valence-corrected chi connectivity index (χ0v) is 11.0. The second-order valence-electron chi connectivity index (χ2n) is 4.49. The van der Waals surface area contributed by atoms with Crippen LogP contribution in [0.1, 0.15) is 5.69 Å². The molecule has 1 aromatic carbocycles. The lowest BCUT2D eigenvalue weighted by molar-refractivity contribution is 1.19. The summed E-state index contributed by atoms with van der Waals surface area (Å²) < 4.78 is 0. The quantitative estimate of drug-likeness (QED) is 0.657. The molecule has 0 saturated carbocycles. The Hall–Kier alpha value is -2.89. The third-order valence-electron chi connectivity index (χ3n) is 2.89. The molecule has 0 aliphatic rings. The van der Waals surface area contributed by atoms with Crippen LogP contribution in [0.15, 0.2) is 36.4 Å². The first-order chi connectivity index (χ1) is 9.61. The SMILES string of the molecule is Cc1ccc2cccc(Nc3cc(N)nc(N)n3)c2n1. The van der Waals surface area contributed by atoms with E-state index < -0.39 is 0 Å². The summed E-state index contributed by atoms with van der Waals surface area (Å²) in [5.41, 5.74) is 13.9. The third kappa shape index (κ3) is 2.31. The van der Waals surface area contributed by atoms with E-state index in [1.165, 1.54) is 0 Å². The van der Waals surface area contributed by atoms with E-state index in [0.29, 0.717) is 11.6 Å². The van der Waals surface area contributed by atoms with Crippen LogP contribution in [0, 0.1) is 6.92 Å². The highest BCUT2D eigenvalue weighted by molar-refractivity contribution is 5.92. The van der Waals surface area contributed by atoms with Gasteiger partial charge in [0.25, 0.3) is 0 Å². The van der Waals surface area contributed by atoms with Gasteiger partial charge in [0.1, 0.15) is 11.6 Å². The molecule has 0 spiro atoms. The zero-order valence-electron chi connectivity index (χ0n) is 11.0. The molecular weight excluding hydrogens is 252 g/mol. The normalized spacial score (nSPS) is 10.7. The molecule has 2 aromatic heterocycles. The van der Waals surface area contributed by atoms with Gasteiger partial charge in [-0.15, -0.1) is 0 Å². The van der Waals surface area contributed by atoms with Gasteiger partial charge in [-0.1, -0.05) is 18.2 Å². The smallest absolute Gasteiger partial charge is 0.223 e. The van der Waals surface area contributed by atoms with Crippen molar-refractivity contribution < 1.29 is 0 Å². The maximum absolute atomic E-state index is 5.66. The zero-order chi connectivity index (χ0) is 14.1. The topological polar surface area (TPSA) is 103 Å². The molecule has 3 aromatic rings. The molecule has 6 nitrogen and oxygen atoms in total. The molecule has 5 N–H and O–H groups in total. The van der Waals surface area contributed by atoms with E-state index in [9.17, 15) is 0 Å². The number of para-hydroxylation sites is 1. The van der Waals surface area contributed by atoms with Crippen molar-refractivity contribution in [3.05, 3.63) is 42.1 Å². The van der Waals surface area contributed by atoms with Gasteiger partial charge >= 0.3 is 0 Å². The number of nitrogens with zero attached hydrogens (tertiary/aromatic N) is 3. The predicted octanol–water partition coefficient (Wildman–Crippen LogP) is 2.24. The summed E-state index contributed by atoms with van der Waals surface area (Å²) in [6.45, 7) is 1.96. The van der Waals surface area contributed by atoms with Gasteiger partial charge in [-0.2, -0.15) is 9.97 Å². The lowest BCUT2D eigenvalue weighted by Crippen LogP contribution is -2.03. The molecule has 0 saturated heterocycles. The van der Waals surface area contributed by atoms with Crippen molar-refractivity contribution in [2.45, 2.75) is 6.92 Å². The summed E-state index contributed by atoms with van der Waals surface area (Å²) >= 11 is 0. The molecule has 0 atom stereocenters. The molecule has 20 heavy (non-hydrogen) atoms. The van der Waals surface area contributed by atoms with Crippen molar-refractivity contribution in [2.24, 2.45) is 0 Å². The molecule has 0 aliphatic carbocycles. The largest absolute Gasteiger partial charge is 0.383 e. The van der Waals surface area contributed by atoms with Crippen LogP contribution >= 0.6 is 0 Å². The first-order valence-electron chi connectivity index (χ1n) is 6.15. The van der Waals surface area contributed by atoms with E-state index in [0.717, 1.165) is 22.3 Å². The maximum Gasteiger partial charge on any atom is 0.223 e. The van der Waals surface area contributed by atoms with Gasteiger partial charge in [-0.05, 0) is 19.1 Å². The Bertz CT molecular complexity index is 763. The second kappa shape index (κ2) is 4.65. The molecular formula is C14H14N6. The van der Waals surface area contributed by atoms with Crippen molar-refractivity contribution in [3.8, 4) is 0 Å². The van der Waals surface area contributed by atoms with Gasteiger partial charge in [-0.25, -0.2) is 0 Å². The van der Waals surface area contributed by atoms with Crippen LogP contribution in [0.4, 0.5) is 23.3 Å². The molecule has 3 rings (SSSR count). The van der Waals surface area contributed by atoms with Crippen LogP contribution in [-0.4, -0.2) is 15.0 Å². The minimum atomic E-state index is 0.136. The Morgan fingerprint density at radius 3 is 2.65 bits per heavy atom. The van der Waals surface area contributed by atoms with E-state index in [1.54, 1.807) is 6.07 Å². The fourth-order valence-electron chi connectivity index (χ4n) is 2.03. The number of rotatable bonds is 2. The maximum atomic E-state index is 5.66. The molecule has 0 amide bonds. The monoisotopic (exact) mass is 266 g/mol. The van der Waals surface area contributed by atoms with Crippen molar-refractivity contribution in [2.75, 3.05) is 16.8 Å². The van der Waals surface area contributed by atoms with E-state index in [2.05, 4.69) is 20.3 Å². The number of nitrogen functional groups attached to an aromatic ring is 2. The molecule has 0 radical (unpaired) electrons. The molecule has 0 bridgehead atoms. The summed E-state index contributed by atoms with van der Waals surface area (Å²) in [5.74, 6) is 1.01. The van der Waals surface area contributed by atoms with E-state index in [-0.39, 0.29) is 5.95 Å². The highest BCUT2D eigenvalue weighted by Gasteiger charge is 2.05. The predicted molar refractivity (Wildman–Crippen MR) is 80.6 cm³/mol.